The van der Waals surface area contributed by atoms with Gasteiger partial charge in [-0.15, -0.1) is 11.8 Å². The molecule has 0 bridgehead atoms. The van der Waals surface area contributed by atoms with Crippen molar-refractivity contribution in [3.63, 3.8) is 0 Å². The quantitative estimate of drug-likeness (QED) is 0.853. The van der Waals surface area contributed by atoms with Gasteiger partial charge in [0.15, 0.2) is 0 Å². The molecule has 7 heteroatoms. The molecule has 0 radical (unpaired) electrons. The van der Waals surface area contributed by atoms with E-state index in [-0.39, 0.29) is 0 Å². The summed E-state index contributed by atoms with van der Waals surface area (Å²) in [7, 11) is 0. The number of aromatic amines is 1. The molecule has 0 unspecified atom stereocenters. The van der Waals surface area contributed by atoms with Crippen molar-refractivity contribution in [1.29, 1.82) is 0 Å². The van der Waals surface area contributed by atoms with E-state index in [1.807, 2.05) is 13.2 Å². The number of aryl methyl sites for hydroxylation is 1. The van der Waals surface area contributed by atoms with E-state index < -0.39 is 17.8 Å². The van der Waals surface area contributed by atoms with Crippen molar-refractivity contribution in [2.45, 2.75) is 24.2 Å². The average Bonchev–Trinajstić information content (AvgIpc) is 2.78. The van der Waals surface area contributed by atoms with Gasteiger partial charge in [-0.05, 0) is 30.9 Å². The van der Waals surface area contributed by atoms with Crippen molar-refractivity contribution in [3.05, 3.63) is 46.9 Å². The van der Waals surface area contributed by atoms with Crippen LogP contribution >= 0.6 is 11.8 Å². The lowest BCUT2D eigenvalue weighted by Gasteiger charge is -2.10. The predicted molar refractivity (Wildman–Crippen MR) is 70.6 cm³/mol. The third-order valence-electron chi connectivity index (χ3n) is 2.86. The number of halogens is 3. The number of aromatic nitrogens is 2. The smallest absolute Gasteiger partial charge is 0.380 e. The van der Waals surface area contributed by atoms with Gasteiger partial charge in [0.05, 0.1) is 5.56 Å². The van der Waals surface area contributed by atoms with Crippen molar-refractivity contribution in [2.24, 2.45) is 0 Å². The normalized spacial score (nSPS) is 13.5. The van der Waals surface area contributed by atoms with Gasteiger partial charge < -0.3 is 10.1 Å². The number of benzene rings is 1. The van der Waals surface area contributed by atoms with Crippen LogP contribution in [0.2, 0.25) is 0 Å². The van der Waals surface area contributed by atoms with Crippen molar-refractivity contribution in [3.8, 4) is 0 Å². The molecule has 0 saturated heterocycles. The van der Waals surface area contributed by atoms with Gasteiger partial charge in [0.2, 0.25) is 0 Å². The van der Waals surface area contributed by atoms with E-state index in [1.165, 1.54) is 23.9 Å². The number of aliphatic hydroxyl groups is 1. The van der Waals surface area contributed by atoms with E-state index in [0.717, 1.165) is 22.9 Å². The van der Waals surface area contributed by atoms with E-state index in [2.05, 4.69) is 9.97 Å². The molecule has 3 nitrogen and oxygen atoms in total. The Hall–Kier alpha value is -1.47. The molecule has 1 aromatic carbocycles. The minimum absolute atomic E-state index is 0.326. The lowest BCUT2D eigenvalue weighted by molar-refractivity contribution is -0.137. The molecule has 0 saturated carbocycles. The SMILES string of the molecule is CSc1nc([C@H](O)c2ccc(C(F)(F)F)cc2)[nH]c1C. The van der Waals surface area contributed by atoms with Crippen LogP contribution in [0.5, 0.6) is 0 Å². The number of rotatable bonds is 3. The standard InChI is InChI=1S/C13H13F3N2OS/c1-7-12(20-2)18-11(17-7)10(19)8-3-5-9(6-4-8)13(14,15)16/h3-6,10,19H,1-2H3,(H,17,18)/t10-/m1/s1. The lowest BCUT2D eigenvalue weighted by atomic mass is 10.1. The Morgan fingerprint density at radius 1 is 1.25 bits per heavy atom. The molecule has 0 fully saturated rings. The summed E-state index contributed by atoms with van der Waals surface area (Å²) in [5.74, 6) is 0.326. The Morgan fingerprint density at radius 3 is 2.30 bits per heavy atom. The first kappa shape index (κ1) is 14.9. The fourth-order valence-electron chi connectivity index (χ4n) is 1.81. The van der Waals surface area contributed by atoms with Crippen LogP contribution in [0.4, 0.5) is 13.2 Å². The van der Waals surface area contributed by atoms with Gasteiger partial charge >= 0.3 is 6.18 Å². The number of imidazole rings is 1. The van der Waals surface area contributed by atoms with Crippen molar-refractivity contribution in [1.82, 2.24) is 9.97 Å². The highest BCUT2D eigenvalue weighted by Crippen LogP contribution is 2.31. The number of H-pyrrole nitrogens is 1. The topological polar surface area (TPSA) is 48.9 Å². The maximum absolute atomic E-state index is 12.5. The molecule has 0 aliphatic rings. The summed E-state index contributed by atoms with van der Waals surface area (Å²) in [6, 6.07) is 4.40. The molecule has 0 amide bonds. The molecule has 0 spiro atoms. The van der Waals surface area contributed by atoms with Gasteiger partial charge in [0.25, 0.3) is 0 Å². The third kappa shape index (κ3) is 2.99. The second-order valence-electron chi connectivity index (χ2n) is 4.28. The molecule has 0 aliphatic heterocycles. The van der Waals surface area contributed by atoms with Crippen molar-refractivity contribution < 1.29 is 18.3 Å². The highest BCUT2D eigenvalue weighted by molar-refractivity contribution is 7.98. The zero-order chi connectivity index (χ0) is 14.9. The summed E-state index contributed by atoms with van der Waals surface area (Å²) < 4.78 is 37.4. The average molecular weight is 302 g/mol. The molecular weight excluding hydrogens is 289 g/mol. The van der Waals surface area contributed by atoms with Gasteiger partial charge in [-0.25, -0.2) is 4.98 Å². The Bertz CT molecular complexity index is 593. The maximum Gasteiger partial charge on any atom is 0.416 e. The van der Waals surface area contributed by atoms with Crippen LogP contribution in [0, 0.1) is 6.92 Å². The monoisotopic (exact) mass is 302 g/mol. The Balaban J connectivity index is 2.26. The van der Waals surface area contributed by atoms with Crippen LogP contribution in [0.1, 0.15) is 28.7 Å². The first-order chi connectivity index (χ1) is 9.32. The largest absolute Gasteiger partial charge is 0.416 e. The molecule has 2 N–H and O–H groups in total. The molecule has 0 aliphatic carbocycles. The van der Waals surface area contributed by atoms with Gasteiger partial charge in [-0.2, -0.15) is 13.2 Å². The summed E-state index contributed by atoms with van der Waals surface area (Å²) in [4.78, 5) is 7.15. The molecular formula is C13H13F3N2OS. The molecule has 20 heavy (non-hydrogen) atoms. The third-order valence-corrected chi connectivity index (χ3v) is 3.65. The second-order valence-corrected chi connectivity index (χ2v) is 5.07. The number of aliphatic hydroxyl groups excluding tert-OH is 1. The van der Waals surface area contributed by atoms with Gasteiger partial charge in [-0.1, -0.05) is 12.1 Å². The molecule has 1 heterocycles. The van der Waals surface area contributed by atoms with Crippen LogP contribution in [-0.2, 0) is 6.18 Å². The van der Waals surface area contributed by atoms with E-state index in [9.17, 15) is 18.3 Å². The first-order valence-electron chi connectivity index (χ1n) is 5.78. The lowest BCUT2D eigenvalue weighted by Crippen LogP contribution is -2.06. The minimum Gasteiger partial charge on any atom is -0.380 e. The molecule has 1 aromatic heterocycles. The minimum atomic E-state index is -4.38. The summed E-state index contributed by atoms with van der Waals surface area (Å²) in [5.41, 5.74) is 0.437. The van der Waals surface area contributed by atoms with Gasteiger partial charge in [-0.3, -0.25) is 0 Å². The van der Waals surface area contributed by atoms with Crippen LogP contribution in [-0.4, -0.2) is 21.3 Å². The summed E-state index contributed by atoms with van der Waals surface area (Å²) in [6.45, 7) is 1.82. The Labute approximate surface area is 118 Å². The van der Waals surface area contributed by atoms with Gasteiger partial charge in [0.1, 0.15) is 17.0 Å². The second kappa shape index (κ2) is 5.49. The molecule has 2 rings (SSSR count). The number of nitrogens with zero attached hydrogens (tertiary/aromatic N) is 1. The number of hydrogen-bond donors (Lipinski definition) is 2. The predicted octanol–water partition coefficient (Wildman–Crippen LogP) is 3.54. The van der Waals surface area contributed by atoms with Crippen LogP contribution in [0.15, 0.2) is 29.3 Å². The van der Waals surface area contributed by atoms with E-state index in [1.54, 1.807) is 0 Å². The van der Waals surface area contributed by atoms with Gasteiger partial charge in [0, 0.05) is 5.69 Å². The zero-order valence-electron chi connectivity index (χ0n) is 10.8. The zero-order valence-corrected chi connectivity index (χ0v) is 11.6. The first-order valence-corrected chi connectivity index (χ1v) is 7.01. The maximum atomic E-state index is 12.5. The van der Waals surface area contributed by atoms with E-state index in [0.29, 0.717) is 11.4 Å². The highest BCUT2D eigenvalue weighted by atomic mass is 32.2. The van der Waals surface area contributed by atoms with E-state index >= 15 is 0 Å². The van der Waals surface area contributed by atoms with E-state index in [4.69, 9.17) is 0 Å². The molecule has 108 valence electrons. The summed E-state index contributed by atoms with van der Waals surface area (Å²) in [6.07, 6.45) is -3.59. The Kier molecular flexibility index (Phi) is 4.10. The molecule has 1 atom stereocenters. The number of nitrogens with one attached hydrogen (secondary N) is 1. The van der Waals surface area contributed by atoms with Crippen molar-refractivity contribution >= 4 is 11.8 Å². The van der Waals surface area contributed by atoms with Crippen molar-refractivity contribution in [2.75, 3.05) is 6.26 Å². The fourth-order valence-corrected chi connectivity index (χ4v) is 2.35. The summed E-state index contributed by atoms with van der Waals surface area (Å²) >= 11 is 1.43. The number of alkyl halides is 3. The number of hydrogen-bond acceptors (Lipinski definition) is 3. The summed E-state index contributed by atoms with van der Waals surface area (Å²) in [5, 5.41) is 10.9. The fraction of sp³-hybridized carbons (Fsp3) is 0.308. The highest BCUT2D eigenvalue weighted by Gasteiger charge is 2.30. The van der Waals surface area contributed by atoms with Crippen LogP contribution < -0.4 is 0 Å². The number of thioether (sulfide) groups is 1. The van der Waals surface area contributed by atoms with Crippen LogP contribution in [0.3, 0.4) is 0 Å². The van der Waals surface area contributed by atoms with Crippen LogP contribution in [0.25, 0.3) is 0 Å². The Morgan fingerprint density at radius 2 is 1.85 bits per heavy atom. The molecule has 2 aromatic rings.